The van der Waals surface area contributed by atoms with Crippen LogP contribution in [0, 0.1) is 0 Å². The second-order valence-corrected chi connectivity index (χ2v) is 5.95. The van der Waals surface area contributed by atoms with Crippen LogP contribution in [0.4, 0.5) is 5.69 Å². The Morgan fingerprint density at radius 3 is 2.55 bits per heavy atom. The van der Waals surface area contributed by atoms with Crippen LogP contribution in [0.15, 0.2) is 53.0 Å². The molecule has 0 N–H and O–H groups in total. The number of methoxy groups -OCH3 is 1. The summed E-state index contributed by atoms with van der Waals surface area (Å²) in [6, 6.07) is 14.5. The molecule has 112 valence electrons. The topological polar surface area (TPSA) is 46.6 Å². The van der Waals surface area contributed by atoms with Crippen molar-refractivity contribution in [1.82, 2.24) is 0 Å². The van der Waals surface area contributed by atoms with Gasteiger partial charge in [-0.25, -0.2) is 0 Å². The van der Waals surface area contributed by atoms with Gasteiger partial charge in [-0.2, -0.15) is 0 Å². The van der Waals surface area contributed by atoms with Crippen LogP contribution < -0.4 is 4.90 Å². The Bertz CT molecular complexity index is 727. The van der Waals surface area contributed by atoms with Crippen molar-refractivity contribution in [3.8, 4) is 0 Å². The molecule has 22 heavy (non-hydrogen) atoms. The minimum atomic E-state index is -0.336. The molecule has 0 bridgehead atoms. The number of rotatable bonds is 3. The molecule has 1 amide bonds. The SMILES string of the molecule is COC(=O)CC1c2ccccc2C(=O)N1c1ccc(Br)cc1. The van der Waals surface area contributed by atoms with Gasteiger partial charge in [-0.05, 0) is 35.9 Å². The summed E-state index contributed by atoms with van der Waals surface area (Å²) in [5.41, 5.74) is 2.26. The van der Waals surface area contributed by atoms with E-state index < -0.39 is 0 Å². The van der Waals surface area contributed by atoms with Gasteiger partial charge in [0.2, 0.25) is 0 Å². The third-order valence-electron chi connectivity index (χ3n) is 3.77. The summed E-state index contributed by atoms with van der Waals surface area (Å²) in [7, 11) is 1.36. The molecule has 0 radical (unpaired) electrons. The van der Waals surface area contributed by atoms with Crippen LogP contribution in [-0.2, 0) is 9.53 Å². The van der Waals surface area contributed by atoms with Gasteiger partial charge in [-0.3, -0.25) is 9.59 Å². The fourth-order valence-electron chi connectivity index (χ4n) is 2.73. The number of halogens is 1. The molecular weight excluding hydrogens is 346 g/mol. The van der Waals surface area contributed by atoms with Crippen molar-refractivity contribution in [2.45, 2.75) is 12.5 Å². The van der Waals surface area contributed by atoms with Gasteiger partial charge in [0.1, 0.15) is 0 Å². The first-order valence-corrected chi connectivity index (χ1v) is 7.66. The predicted molar refractivity (Wildman–Crippen MR) is 86.8 cm³/mol. The fourth-order valence-corrected chi connectivity index (χ4v) is 3.00. The van der Waals surface area contributed by atoms with E-state index in [1.165, 1.54) is 7.11 Å². The molecule has 3 rings (SSSR count). The maximum atomic E-state index is 12.7. The van der Waals surface area contributed by atoms with E-state index in [-0.39, 0.29) is 24.3 Å². The van der Waals surface area contributed by atoms with Crippen LogP contribution in [0.5, 0.6) is 0 Å². The average Bonchev–Trinajstić information content (AvgIpc) is 2.81. The molecule has 0 saturated heterocycles. The lowest BCUT2D eigenvalue weighted by Gasteiger charge is -2.24. The number of anilines is 1. The van der Waals surface area contributed by atoms with Crippen molar-refractivity contribution in [3.05, 3.63) is 64.1 Å². The highest BCUT2D eigenvalue weighted by Gasteiger charge is 2.38. The van der Waals surface area contributed by atoms with E-state index >= 15 is 0 Å². The van der Waals surface area contributed by atoms with Crippen LogP contribution >= 0.6 is 15.9 Å². The van der Waals surface area contributed by atoms with Crippen LogP contribution in [0.1, 0.15) is 28.4 Å². The van der Waals surface area contributed by atoms with Crippen LogP contribution in [-0.4, -0.2) is 19.0 Å². The summed E-state index contributed by atoms with van der Waals surface area (Å²) >= 11 is 3.39. The zero-order valence-electron chi connectivity index (χ0n) is 12.0. The predicted octanol–water partition coefficient (Wildman–Crippen LogP) is 3.71. The normalized spacial score (nSPS) is 16.5. The van der Waals surface area contributed by atoms with Crippen LogP contribution in [0.25, 0.3) is 0 Å². The van der Waals surface area contributed by atoms with Gasteiger partial charge < -0.3 is 9.64 Å². The van der Waals surface area contributed by atoms with Gasteiger partial charge >= 0.3 is 5.97 Å². The van der Waals surface area contributed by atoms with Gasteiger partial charge in [0.15, 0.2) is 0 Å². The van der Waals surface area contributed by atoms with E-state index in [0.29, 0.717) is 5.56 Å². The third kappa shape index (κ3) is 2.52. The molecule has 0 aliphatic carbocycles. The number of hydrogen-bond donors (Lipinski definition) is 0. The number of esters is 1. The summed E-state index contributed by atoms with van der Waals surface area (Å²) in [6.45, 7) is 0. The molecule has 2 aromatic rings. The molecule has 4 nitrogen and oxygen atoms in total. The first-order chi connectivity index (χ1) is 10.6. The van der Waals surface area contributed by atoms with Gasteiger partial charge in [0.05, 0.1) is 19.6 Å². The fraction of sp³-hybridized carbons (Fsp3) is 0.176. The van der Waals surface area contributed by atoms with E-state index in [2.05, 4.69) is 15.9 Å². The molecule has 0 saturated carbocycles. The summed E-state index contributed by atoms with van der Waals surface area (Å²) in [5.74, 6) is -0.427. The van der Waals surface area contributed by atoms with Crippen molar-refractivity contribution in [1.29, 1.82) is 0 Å². The lowest BCUT2D eigenvalue weighted by molar-refractivity contribution is -0.141. The van der Waals surface area contributed by atoms with E-state index in [1.807, 2.05) is 42.5 Å². The highest BCUT2D eigenvalue weighted by atomic mass is 79.9. The molecule has 1 aliphatic rings. The second-order valence-electron chi connectivity index (χ2n) is 5.03. The number of fused-ring (bicyclic) bond motifs is 1. The number of nitrogens with zero attached hydrogens (tertiary/aromatic N) is 1. The van der Waals surface area contributed by atoms with Gasteiger partial charge in [0.25, 0.3) is 5.91 Å². The number of carbonyl (C=O) groups excluding carboxylic acids is 2. The highest BCUT2D eigenvalue weighted by molar-refractivity contribution is 9.10. The van der Waals surface area contributed by atoms with Gasteiger partial charge in [-0.15, -0.1) is 0 Å². The minimum absolute atomic E-state index is 0.0909. The average molecular weight is 360 g/mol. The molecule has 2 aromatic carbocycles. The van der Waals surface area contributed by atoms with Crippen LogP contribution in [0.3, 0.4) is 0 Å². The lowest BCUT2D eigenvalue weighted by atomic mass is 10.0. The number of benzene rings is 2. The summed E-state index contributed by atoms with van der Waals surface area (Å²) in [5, 5.41) is 0. The van der Waals surface area contributed by atoms with E-state index in [1.54, 1.807) is 11.0 Å². The van der Waals surface area contributed by atoms with E-state index in [4.69, 9.17) is 4.74 Å². The van der Waals surface area contributed by atoms with Crippen molar-refractivity contribution in [3.63, 3.8) is 0 Å². The molecule has 0 fully saturated rings. The van der Waals surface area contributed by atoms with E-state index in [9.17, 15) is 9.59 Å². The number of hydrogen-bond acceptors (Lipinski definition) is 3. The number of carbonyl (C=O) groups is 2. The quantitative estimate of drug-likeness (QED) is 0.784. The Hall–Kier alpha value is -2.14. The highest BCUT2D eigenvalue weighted by Crippen LogP contribution is 2.39. The van der Waals surface area contributed by atoms with E-state index in [0.717, 1.165) is 15.7 Å². The maximum Gasteiger partial charge on any atom is 0.307 e. The largest absolute Gasteiger partial charge is 0.469 e. The van der Waals surface area contributed by atoms with Crippen LogP contribution in [0.2, 0.25) is 0 Å². The smallest absolute Gasteiger partial charge is 0.307 e. The number of amides is 1. The molecule has 1 heterocycles. The molecule has 1 atom stereocenters. The molecule has 1 aliphatic heterocycles. The summed E-state index contributed by atoms with van der Waals surface area (Å²) in [4.78, 5) is 26.1. The zero-order valence-corrected chi connectivity index (χ0v) is 13.5. The Labute approximate surface area is 136 Å². The summed E-state index contributed by atoms with van der Waals surface area (Å²) < 4.78 is 5.72. The van der Waals surface area contributed by atoms with Gasteiger partial charge in [0, 0.05) is 15.7 Å². The van der Waals surface area contributed by atoms with Crippen molar-refractivity contribution >= 4 is 33.5 Å². The van der Waals surface area contributed by atoms with Crippen molar-refractivity contribution in [2.75, 3.05) is 12.0 Å². The van der Waals surface area contributed by atoms with Crippen molar-refractivity contribution in [2.24, 2.45) is 0 Å². The molecule has 1 unspecified atom stereocenters. The Balaban J connectivity index is 2.05. The van der Waals surface area contributed by atoms with Crippen molar-refractivity contribution < 1.29 is 14.3 Å². The molecular formula is C17H14BrNO3. The Kier molecular flexibility index (Phi) is 3.98. The maximum absolute atomic E-state index is 12.7. The summed E-state index contributed by atoms with van der Waals surface area (Å²) in [6.07, 6.45) is 0.134. The zero-order chi connectivity index (χ0) is 15.7. The Morgan fingerprint density at radius 2 is 1.86 bits per heavy atom. The first kappa shape index (κ1) is 14.8. The molecule has 5 heteroatoms. The second kappa shape index (κ2) is 5.93. The number of ether oxygens (including phenoxy) is 1. The molecule has 0 spiro atoms. The lowest BCUT2D eigenvalue weighted by Crippen LogP contribution is -2.29. The standard InChI is InChI=1S/C17H14BrNO3/c1-22-16(20)10-15-13-4-2-3-5-14(13)17(21)19(15)12-8-6-11(18)7-9-12/h2-9,15H,10H2,1H3. The Morgan fingerprint density at radius 1 is 1.18 bits per heavy atom. The monoisotopic (exact) mass is 359 g/mol. The first-order valence-electron chi connectivity index (χ1n) is 6.86. The minimum Gasteiger partial charge on any atom is -0.469 e. The molecule has 0 aromatic heterocycles. The third-order valence-corrected chi connectivity index (χ3v) is 4.30. The van der Waals surface area contributed by atoms with Gasteiger partial charge in [-0.1, -0.05) is 34.1 Å².